The van der Waals surface area contributed by atoms with E-state index in [0.29, 0.717) is 30.5 Å². The number of methoxy groups -OCH3 is 2. The van der Waals surface area contributed by atoms with Crippen molar-refractivity contribution in [3.63, 3.8) is 0 Å². The molecule has 3 N–H and O–H groups in total. The van der Waals surface area contributed by atoms with Crippen LogP contribution in [0.15, 0.2) is 12.1 Å². The summed E-state index contributed by atoms with van der Waals surface area (Å²) in [6.07, 6.45) is -0.0358. The number of aromatic nitrogens is 1. The normalized spacial score (nSPS) is 13.1. The SMILES string of the molecule is COCC(CNc1ccc(N)c(OC(C)(C)C)n1)OC. The van der Waals surface area contributed by atoms with Crippen LogP contribution in [-0.4, -0.2) is 44.1 Å². The second kappa shape index (κ2) is 7.31. The molecular weight excluding hydrogens is 258 g/mol. The highest BCUT2D eigenvalue weighted by Crippen LogP contribution is 2.24. The summed E-state index contributed by atoms with van der Waals surface area (Å²) in [7, 11) is 3.29. The van der Waals surface area contributed by atoms with Crippen LogP contribution in [0.2, 0.25) is 0 Å². The van der Waals surface area contributed by atoms with Crippen molar-refractivity contribution in [1.29, 1.82) is 0 Å². The van der Waals surface area contributed by atoms with E-state index in [2.05, 4.69) is 10.3 Å². The van der Waals surface area contributed by atoms with E-state index in [0.717, 1.165) is 0 Å². The topological polar surface area (TPSA) is 78.6 Å². The van der Waals surface area contributed by atoms with E-state index in [-0.39, 0.29) is 11.7 Å². The lowest BCUT2D eigenvalue weighted by molar-refractivity contribution is 0.0365. The number of hydrogen-bond donors (Lipinski definition) is 2. The molecule has 0 bridgehead atoms. The molecule has 0 spiro atoms. The largest absolute Gasteiger partial charge is 0.470 e. The van der Waals surface area contributed by atoms with Crippen molar-refractivity contribution in [2.75, 3.05) is 38.4 Å². The number of anilines is 2. The maximum absolute atomic E-state index is 5.87. The summed E-state index contributed by atoms with van der Waals surface area (Å²) in [6, 6.07) is 3.58. The number of pyridine rings is 1. The zero-order valence-electron chi connectivity index (χ0n) is 12.9. The second-order valence-corrected chi connectivity index (χ2v) is 5.50. The Labute approximate surface area is 120 Å². The van der Waals surface area contributed by atoms with Crippen LogP contribution in [0.4, 0.5) is 11.5 Å². The summed E-state index contributed by atoms with van der Waals surface area (Å²) < 4.78 is 16.1. The first-order valence-corrected chi connectivity index (χ1v) is 6.57. The van der Waals surface area contributed by atoms with E-state index < -0.39 is 0 Å². The van der Waals surface area contributed by atoms with Gasteiger partial charge in [-0.25, -0.2) is 0 Å². The van der Waals surface area contributed by atoms with Gasteiger partial charge in [0.25, 0.3) is 0 Å². The van der Waals surface area contributed by atoms with Gasteiger partial charge < -0.3 is 25.3 Å². The number of rotatable bonds is 7. The monoisotopic (exact) mass is 283 g/mol. The maximum Gasteiger partial charge on any atom is 0.239 e. The molecule has 0 saturated heterocycles. The minimum atomic E-state index is -0.342. The van der Waals surface area contributed by atoms with Gasteiger partial charge in [-0.2, -0.15) is 4.98 Å². The molecule has 1 aromatic rings. The molecule has 1 atom stereocenters. The van der Waals surface area contributed by atoms with Crippen molar-refractivity contribution in [2.45, 2.75) is 32.5 Å². The maximum atomic E-state index is 5.87. The summed E-state index contributed by atoms with van der Waals surface area (Å²) in [6.45, 7) is 6.97. The van der Waals surface area contributed by atoms with Crippen molar-refractivity contribution < 1.29 is 14.2 Å². The van der Waals surface area contributed by atoms with Crippen molar-refractivity contribution in [3.05, 3.63) is 12.1 Å². The smallest absolute Gasteiger partial charge is 0.239 e. The van der Waals surface area contributed by atoms with Crippen LogP contribution in [0.1, 0.15) is 20.8 Å². The van der Waals surface area contributed by atoms with Crippen LogP contribution in [0, 0.1) is 0 Å². The third-order valence-corrected chi connectivity index (χ3v) is 2.49. The van der Waals surface area contributed by atoms with E-state index in [1.54, 1.807) is 20.3 Å². The molecule has 6 heteroatoms. The van der Waals surface area contributed by atoms with Crippen molar-refractivity contribution >= 4 is 11.5 Å². The number of nitrogen functional groups attached to an aromatic ring is 1. The summed E-state index contributed by atoms with van der Waals surface area (Å²) >= 11 is 0. The number of nitrogens with one attached hydrogen (secondary N) is 1. The fourth-order valence-corrected chi connectivity index (χ4v) is 1.54. The molecule has 6 nitrogen and oxygen atoms in total. The van der Waals surface area contributed by atoms with Gasteiger partial charge in [-0.1, -0.05) is 0 Å². The molecule has 1 aromatic heterocycles. The van der Waals surface area contributed by atoms with Crippen molar-refractivity contribution in [2.24, 2.45) is 0 Å². The van der Waals surface area contributed by atoms with Gasteiger partial charge in [0.15, 0.2) is 0 Å². The quantitative estimate of drug-likeness (QED) is 0.796. The van der Waals surface area contributed by atoms with Crippen molar-refractivity contribution in [3.8, 4) is 5.88 Å². The molecule has 20 heavy (non-hydrogen) atoms. The second-order valence-electron chi connectivity index (χ2n) is 5.50. The van der Waals surface area contributed by atoms with Crippen molar-refractivity contribution in [1.82, 2.24) is 4.98 Å². The predicted molar refractivity (Wildman–Crippen MR) is 80.2 cm³/mol. The number of ether oxygens (including phenoxy) is 3. The minimum absolute atomic E-state index is 0.0358. The molecule has 0 aromatic carbocycles. The van der Waals surface area contributed by atoms with Crippen LogP contribution < -0.4 is 15.8 Å². The lowest BCUT2D eigenvalue weighted by Crippen LogP contribution is -2.27. The molecule has 1 unspecified atom stereocenters. The Morgan fingerprint density at radius 3 is 2.55 bits per heavy atom. The average molecular weight is 283 g/mol. The van der Waals surface area contributed by atoms with Gasteiger partial charge in [0, 0.05) is 20.8 Å². The highest BCUT2D eigenvalue weighted by atomic mass is 16.5. The number of hydrogen-bond acceptors (Lipinski definition) is 6. The third kappa shape index (κ3) is 5.63. The zero-order chi connectivity index (χ0) is 15.2. The van der Waals surface area contributed by atoms with Gasteiger partial charge >= 0.3 is 0 Å². The van der Waals surface area contributed by atoms with Gasteiger partial charge in [-0.3, -0.25) is 0 Å². The fourth-order valence-electron chi connectivity index (χ4n) is 1.54. The predicted octanol–water partition coefficient (Wildman–Crippen LogP) is 1.91. The van der Waals surface area contributed by atoms with Crippen LogP contribution >= 0.6 is 0 Å². The van der Waals surface area contributed by atoms with Gasteiger partial charge in [-0.05, 0) is 32.9 Å². The van der Waals surface area contributed by atoms with E-state index in [1.165, 1.54) is 0 Å². The molecule has 0 amide bonds. The Morgan fingerprint density at radius 2 is 2.00 bits per heavy atom. The molecule has 0 aliphatic heterocycles. The zero-order valence-corrected chi connectivity index (χ0v) is 12.9. The first kappa shape index (κ1) is 16.5. The minimum Gasteiger partial charge on any atom is -0.470 e. The molecule has 0 fully saturated rings. The first-order valence-electron chi connectivity index (χ1n) is 6.57. The van der Waals surface area contributed by atoms with Gasteiger partial charge in [0.05, 0.1) is 18.4 Å². The van der Waals surface area contributed by atoms with Gasteiger partial charge in [-0.15, -0.1) is 0 Å². The molecule has 0 aliphatic carbocycles. The first-order chi connectivity index (χ1) is 9.35. The van der Waals surface area contributed by atoms with Gasteiger partial charge in [0.1, 0.15) is 11.4 Å². The standard InChI is InChI=1S/C14H25N3O3/c1-14(2,3)20-13-11(15)6-7-12(17-13)16-8-10(19-5)9-18-4/h6-7,10H,8-9,15H2,1-5H3,(H,16,17). The van der Waals surface area contributed by atoms with Crippen LogP contribution in [0.5, 0.6) is 5.88 Å². The molecule has 1 heterocycles. The summed E-state index contributed by atoms with van der Waals surface area (Å²) in [5.74, 6) is 1.12. The van der Waals surface area contributed by atoms with Crippen LogP contribution in [0.25, 0.3) is 0 Å². The number of nitrogens with zero attached hydrogens (tertiary/aromatic N) is 1. The Kier molecular flexibility index (Phi) is 6.04. The Morgan fingerprint density at radius 1 is 1.30 bits per heavy atom. The Hall–Kier alpha value is -1.53. The summed E-state index contributed by atoms with van der Waals surface area (Å²) in [5, 5.41) is 3.18. The Balaban J connectivity index is 2.69. The summed E-state index contributed by atoms with van der Waals surface area (Å²) in [5.41, 5.74) is 6.04. The average Bonchev–Trinajstić information content (AvgIpc) is 2.36. The molecular formula is C14H25N3O3. The van der Waals surface area contributed by atoms with E-state index in [9.17, 15) is 0 Å². The number of nitrogens with two attached hydrogens (primary N) is 1. The third-order valence-electron chi connectivity index (χ3n) is 2.49. The van der Waals surface area contributed by atoms with E-state index in [4.69, 9.17) is 19.9 Å². The molecule has 114 valence electrons. The van der Waals surface area contributed by atoms with Crippen LogP contribution in [-0.2, 0) is 9.47 Å². The van der Waals surface area contributed by atoms with E-state index in [1.807, 2.05) is 26.8 Å². The van der Waals surface area contributed by atoms with Gasteiger partial charge in [0.2, 0.25) is 5.88 Å². The molecule has 0 saturated carbocycles. The molecule has 1 rings (SSSR count). The highest BCUT2D eigenvalue weighted by molar-refractivity contribution is 5.53. The Bertz CT molecular complexity index is 419. The highest BCUT2D eigenvalue weighted by Gasteiger charge is 2.16. The fraction of sp³-hybridized carbons (Fsp3) is 0.643. The lowest BCUT2D eigenvalue weighted by Gasteiger charge is -2.22. The summed E-state index contributed by atoms with van der Waals surface area (Å²) in [4.78, 5) is 4.37. The molecule has 0 aliphatic rings. The van der Waals surface area contributed by atoms with Crippen LogP contribution in [0.3, 0.4) is 0 Å². The molecule has 0 radical (unpaired) electrons. The lowest BCUT2D eigenvalue weighted by atomic mass is 10.2. The van der Waals surface area contributed by atoms with E-state index >= 15 is 0 Å².